The fraction of sp³-hybridized carbons (Fsp3) is 0.190. The number of phenolic OH excluding ortho intramolecular Hbond substituents is 2. The molecule has 4 nitrogen and oxygen atoms in total. The van der Waals surface area contributed by atoms with Gasteiger partial charge in [-0.1, -0.05) is 53.3 Å². The van der Waals surface area contributed by atoms with Gasteiger partial charge in [-0.3, -0.25) is 9.69 Å². The van der Waals surface area contributed by atoms with E-state index in [4.69, 9.17) is 46.4 Å². The number of Topliss-reactive ketones (excluding diaryl/α,β-unsaturated/α-hetero) is 1. The van der Waals surface area contributed by atoms with Crippen molar-refractivity contribution in [3.8, 4) is 11.5 Å². The molecule has 1 fully saturated rings. The summed E-state index contributed by atoms with van der Waals surface area (Å²) in [7, 11) is 0. The molecule has 0 atom stereocenters. The normalized spacial score (nSPS) is 18.0. The summed E-state index contributed by atoms with van der Waals surface area (Å²) in [6.07, 6.45) is 3.43. The average Bonchev–Trinajstić information content (AvgIpc) is 2.67. The molecule has 1 saturated heterocycles. The first-order valence-electron chi connectivity index (χ1n) is 8.73. The predicted molar refractivity (Wildman–Crippen MR) is 119 cm³/mol. The highest BCUT2D eigenvalue weighted by Crippen LogP contribution is 2.35. The standard InChI is InChI=1S/C21H17Cl4NO3/c1-2-26-9-13(3-11-5-15(22)20(28)16(23)6-11)19(27)14(10-26)4-12-7-17(24)21(29)18(25)8-12/h3-8,28-29H,2,9-10H2,1H3/b13-3+,14-4+. The molecule has 2 aromatic carbocycles. The van der Waals surface area contributed by atoms with Gasteiger partial charge in [-0.25, -0.2) is 0 Å². The minimum atomic E-state index is -0.192. The molecule has 1 aliphatic heterocycles. The molecule has 0 saturated carbocycles. The van der Waals surface area contributed by atoms with Gasteiger partial charge in [-0.2, -0.15) is 0 Å². The van der Waals surface area contributed by atoms with Gasteiger partial charge in [0.2, 0.25) is 0 Å². The van der Waals surface area contributed by atoms with E-state index < -0.39 is 0 Å². The molecule has 1 heterocycles. The van der Waals surface area contributed by atoms with Crippen LogP contribution >= 0.6 is 46.4 Å². The highest BCUT2D eigenvalue weighted by Gasteiger charge is 2.25. The Labute approximate surface area is 188 Å². The first-order chi connectivity index (χ1) is 13.7. The molecule has 2 N–H and O–H groups in total. The van der Waals surface area contributed by atoms with Crippen LogP contribution in [0.1, 0.15) is 18.1 Å². The van der Waals surface area contributed by atoms with Crippen LogP contribution in [0.2, 0.25) is 20.1 Å². The Morgan fingerprint density at radius 3 is 1.48 bits per heavy atom. The number of aromatic hydroxyl groups is 2. The highest BCUT2D eigenvalue weighted by atomic mass is 35.5. The van der Waals surface area contributed by atoms with Crippen molar-refractivity contribution in [3.05, 3.63) is 66.6 Å². The van der Waals surface area contributed by atoms with E-state index in [9.17, 15) is 15.0 Å². The molecule has 0 radical (unpaired) electrons. The number of nitrogens with zero attached hydrogens (tertiary/aromatic N) is 1. The molecule has 0 unspecified atom stereocenters. The van der Waals surface area contributed by atoms with E-state index in [0.29, 0.717) is 35.4 Å². The molecule has 0 spiro atoms. The topological polar surface area (TPSA) is 60.8 Å². The van der Waals surface area contributed by atoms with E-state index >= 15 is 0 Å². The zero-order valence-corrected chi connectivity index (χ0v) is 18.4. The van der Waals surface area contributed by atoms with Crippen molar-refractivity contribution in [1.82, 2.24) is 4.90 Å². The molecule has 0 aliphatic carbocycles. The first kappa shape index (κ1) is 22.0. The lowest BCUT2D eigenvalue weighted by Crippen LogP contribution is -2.37. The molecule has 0 bridgehead atoms. The molecule has 2 aromatic rings. The molecular weight excluding hydrogens is 456 g/mol. The highest BCUT2D eigenvalue weighted by molar-refractivity contribution is 6.38. The number of rotatable bonds is 3. The van der Waals surface area contributed by atoms with Gasteiger partial charge in [-0.15, -0.1) is 0 Å². The Morgan fingerprint density at radius 2 is 1.17 bits per heavy atom. The van der Waals surface area contributed by atoms with Crippen LogP contribution in [-0.4, -0.2) is 40.5 Å². The SMILES string of the molecule is CCN1C/C(=C\c2cc(Cl)c(O)c(Cl)c2)C(=O)/C(=C/c2cc(Cl)c(O)c(Cl)c2)C1. The van der Waals surface area contributed by atoms with E-state index in [1.165, 1.54) is 0 Å². The smallest absolute Gasteiger partial charge is 0.187 e. The van der Waals surface area contributed by atoms with Crippen molar-refractivity contribution in [2.75, 3.05) is 19.6 Å². The summed E-state index contributed by atoms with van der Waals surface area (Å²) in [5, 5.41) is 19.9. The summed E-state index contributed by atoms with van der Waals surface area (Å²) in [4.78, 5) is 15.2. The number of likely N-dealkylation sites (tertiary alicyclic amines) is 1. The Balaban J connectivity index is 2.02. The monoisotopic (exact) mass is 471 g/mol. The van der Waals surface area contributed by atoms with Crippen LogP contribution in [0.4, 0.5) is 0 Å². The fourth-order valence-corrected chi connectivity index (χ4v) is 4.08. The third kappa shape index (κ3) is 4.90. The maximum atomic E-state index is 13.1. The second-order valence-electron chi connectivity index (χ2n) is 6.64. The van der Waals surface area contributed by atoms with E-state index in [2.05, 4.69) is 4.90 Å². The van der Waals surface area contributed by atoms with Gasteiger partial charge in [0, 0.05) is 24.2 Å². The number of phenols is 2. The van der Waals surface area contributed by atoms with Crippen molar-refractivity contribution in [2.24, 2.45) is 0 Å². The number of hydrogen-bond acceptors (Lipinski definition) is 4. The molecule has 29 heavy (non-hydrogen) atoms. The summed E-state index contributed by atoms with van der Waals surface area (Å²) in [6.45, 7) is 3.70. The van der Waals surface area contributed by atoms with Crippen LogP contribution in [0.5, 0.6) is 11.5 Å². The van der Waals surface area contributed by atoms with Gasteiger partial charge in [0.05, 0.1) is 20.1 Å². The number of hydrogen-bond donors (Lipinski definition) is 2. The largest absolute Gasteiger partial charge is 0.505 e. The van der Waals surface area contributed by atoms with Gasteiger partial charge < -0.3 is 10.2 Å². The number of carbonyl (C=O) groups excluding carboxylic acids is 1. The van der Waals surface area contributed by atoms with Gasteiger partial charge in [0.25, 0.3) is 0 Å². The van der Waals surface area contributed by atoms with Crippen molar-refractivity contribution < 1.29 is 15.0 Å². The minimum Gasteiger partial charge on any atom is -0.505 e. The Bertz CT molecular complexity index is 921. The summed E-state index contributed by atoms with van der Waals surface area (Å²) in [6, 6.07) is 6.21. The summed E-state index contributed by atoms with van der Waals surface area (Å²) < 4.78 is 0. The molecule has 0 aromatic heterocycles. The Morgan fingerprint density at radius 1 is 0.828 bits per heavy atom. The maximum absolute atomic E-state index is 13.1. The number of ketones is 1. The van der Waals surface area contributed by atoms with E-state index in [-0.39, 0.29) is 37.4 Å². The predicted octanol–water partition coefficient (Wildman–Crippen LogP) is 6.08. The lowest BCUT2D eigenvalue weighted by atomic mass is 9.94. The number of benzene rings is 2. The lowest BCUT2D eigenvalue weighted by molar-refractivity contribution is -0.113. The van der Waals surface area contributed by atoms with Gasteiger partial charge in [-0.05, 0) is 54.1 Å². The summed E-state index contributed by atoms with van der Waals surface area (Å²) in [5.74, 6) is -0.500. The molecule has 1 aliphatic rings. The van der Waals surface area contributed by atoms with Crippen molar-refractivity contribution in [1.29, 1.82) is 0 Å². The molecule has 3 rings (SSSR count). The van der Waals surface area contributed by atoms with Gasteiger partial charge in [0.1, 0.15) is 0 Å². The molecule has 0 amide bonds. The number of halogens is 4. The zero-order chi connectivity index (χ0) is 21.3. The van der Waals surface area contributed by atoms with Crippen LogP contribution in [0, 0.1) is 0 Å². The lowest BCUT2D eigenvalue weighted by Gasteiger charge is -2.28. The van der Waals surface area contributed by atoms with Crippen molar-refractivity contribution in [3.63, 3.8) is 0 Å². The van der Waals surface area contributed by atoms with Crippen LogP contribution in [0.25, 0.3) is 12.2 Å². The first-order valence-corrected chi connectivity index (χ1v) is 10.2. The Kier molecular flexibility index (Phi) is 6.82. The number of likely N-dealkylation sites (N-methyl/N-ethyl adjacent to an activating group) is 1. The van der Waals surface area contributed by atoms with E-state index in [1.54, 1.807) is 36.4 Å². The molecule has 8 heteroatoms. The minimum absolute atomic E-state index is 0.115. The summed E-state index contributed by atoms with van der Waals surface area (Å²) in [5.41, 5.74) is 2.37. The van der Waals surface area contributed by atoms with E-state index in [0.717, 1.165) is 6.54 Å². The second-order valence-corrected chi connectivity index (χ2v) is 8.27. The quantitative estimate of drug-likeness (QED) is 0.531. The summed E-state index contributed by atoms with van der Waals surface area (Å²) >= 11 is 24.0. The van der Waals surface area contributed by atoms with Crippen LogP contribution in [0.15, 0.2) is 35.4 Å². The third-order valence-corrected chi connectivity index (χ3v) is 5.73. The fourth-order valence-electron chi connectivity index (χ4n) is 3.07. The van der Waals surface area contributed by atoms with Crippen LogP contribution in [-0.2, 0) is 4.79 Å². The van der Waals surface area contributed by atoms with E-state index in [1.807, 2.05) is 6.92 Å². The van der Waals surface area contributed by atoms with Crippen LogP contribution < -0.4 is 0 Å². The average molecular weight is 473 g/mol. The number of piperidine rings is 1. The van der Waals surface area contributed by atoms with Crippen molar-refractivity contribution in [2.45, 2.75) is 6.92 Å². The zero-order valence-electron chi connectivity index (χ0n) is 15.3. The van der Waals surface area contributed by atoms with Crippen molar-refractivity contribution >= 4 is 64.3 Å². The maximum Gasteiger partial charge on any atom is 0.187 e. The molecular formula is C21H17Cl4NO3. The van der Waals surface area contributed by atoms with Gasteiger partial charge >= 0.3 is 0 Å². The van der Waals surface area contributed by atoms with Crippen LogP contribution in [0.3, 0.4) is 0 Å². The van der Waals surface area contributed by atoms with Gasteiger partial charge in [0.15, 0.2) is 17.3 Å². The second kappa shape index (κ2) is 8.99. The Hall–Kier alpha value is -1.69. The third-order valence-electron chi connectivity index (χ3n) is 4.58. The number of carbonyl (C=O) groups is 1. The molecule has 152 valence electrons.